The van der Waals surface area contributed by atoms with Crippen LogP contribution in [0.25, 0.3) is 71.5 Å². The third-order valence-electron chi connectivity index (χ3n) is 9.16. The first-order valence-corrected chi connectivity index (χ1v) is 15.5. The highest BCUT2D eigenvalue weighted by molar-refractivity contribution is 6.13. The van der Waals surface area contributed by atoms with E-state index in [1.807, 2.05) is 6.20 Å². The number of furan rings is 1. The van der Waals surface area contributed by atoms with Gasteiger partial charge in [-0.25, -0.2) is 4.98 Å². The van der Waals surface area contributed by atoms with Crippen LogP contribution in [0.2, 0.25) is 0 Å². The zero-order valence-corrected chi connectivity index (χ0v) is 26.2. The molecule has 216 valence electrons. The maximum atomic E-state index is 6.65. The summed E-state index contributed by atoms with van der Waals surface area (Å²) in [4.78, 5) is 4.66. The lowest BCUT2D eigenvalue weighted by Gasteiger charge is -2.21. The summed E-state index contributed by atoms with van der Waals surface area (Å²) in [7, 11) is 0. The zero-order valence-electron chi connectivity index (χ0n) is 26.2. The molecule has 0 saturated heterocycles. The topological polar surface area (TPSA) is 30.4 Å². The molecule has 0 spiro atoms. The van der Waals surface area contributed by atoms with Gasteiger partial charge in [-0.15, -0.1) is 0 Å². The molecule has 0 aliphatic carbocycles. The van der Waals surface area contributed by atoms with E-state index < -0.39 is 0 Å². The lowest BCUT2D eigenvalue weighted by molar-refractivity contribution is 0.590. The Bertz CT molecular complexity index is 2410. The van der Waals surface area contributed by atoms with Crippen LogP contribution in [0.5, 0.6) is 0 Å². The van der Waals surface area contributed by atoms with Crippen molar-refractivity contribution in [2.24, 2.45) is 0 Å². The molecule has 8 aromatic rings. The molecule has 3 nitrogen and oxygen atoms in total. The Kier molecular flexibility index (Phi) is 5.65. The van der Waals surface area contributed by atoms with Crippen LogP contribution in [-0.2, 0) is 10.8 Å². The summed E-state index contributed by atoms with van der Waals surface area (Å²) in [5.74, 6) is 0. The Morgan fingerprint density at radius 2 is 1.30 bits per heavy atom. The third kappa shape index (κ3) is 4.14. The summed E-state index contributed by atoms with van der Waals surface area (Å²) < 4.78 is 8.84. The van der Waals surface area contributed by atoms with Crippen LogP contribution in [0.1, 0.15) is 52.7 Å². The van der Waals surface area contributed by atoms with Crippen LogP contribution in [0.15, 0.2) is 114 Å². The highest BCUT2D eigenvalue weighted by Gasteiger charge is 2.22. The molecule has 3 heteroatoms. The summed E-state index contributed by atoms with van der Waals surface area (Å²) in [6, 6.07) is 35.6. The van der Waals surface area contributed by atoms with E-state index in [0.29, 0.717) is 0 Å². The van der Waals surface area contributed by atoms with Gasteiger partial charge in [0.15, 0.2) is 0 Å². The number of benzene rings is 5. The largest absolute Gasteiger partial charge is 0.455 e. The molecule has 5 aromatic carbocycles. The number of rotatable bonds is 2. The fourth-order valence-corrected chi connectivity index (χ4v) is 6.61. The highest BCUT2D eigenvalue weighted by atomic mass is 16.3. The van der Waals surface area contributed by atoms with Crippen molar-refractivity contribution in [1.82, 2.24) is 9.38 Å². The van der Waals surface area contributed by atoms with E-state index in [9.17, 15) is 0 Å². The fourth-order valence-electron chi connectivity index (χ4n) is 6.61. The molecule has 0 aliphatic heterocycles. The third-order valence-corrected chi connectivity index (χ3v) is 9.16. The molecular weight excluding hydrogens is 536 g/mol. The SMILES string of the molecule is CC(C)(C)c1ccc2oc3c(-c4cccc(-c5ccc6c(c5)c5ccccc5c5nccn65)c4)cc(C(C)(C)C)cc3c2c1. The summed E-state index contributed by atoms with van der Waals surface area (Å²) >= 11 is 0. The lowest BCUT2D eigenvalue weighted by Crippen LogP contribution is -2.11. The minimum Gasteiger partial charge on any atom is -0.455 e. The molecule has 0 bridgehead atoms. The second kappa shape index (κ2) is 9.30. The first-order chi connectivity index (χ1) is 21.1. The van der Waals surface area contributed by atoms with Crippen molar-refractivity contribution < 1.29 is 4.42 Å². The van der Waals surface area contributed by atoms with Crippen LogP contribution < -0.4 is 0 Å². The first kappa shape index (κ1) is 26.7. The quantitative estimate of drug-likeness (QED) is 0.193. The van der Waals surface area contributed by atoms with E-state index in [0.717, 1.165) is 38.8 Å². The second-order valence-electron chi connectivity index (χ2n) is 14.2. The molecule has 3 aromatic heterocycles. The maximum absolute atomic E-state index is 6.65. The van der Waals surface area contributed by atoms with Crippen LogP contribution in [0, 0.1) is 0 Å². The summed E-state index contributed by atoms with van der Waals surface area (Å²) in [6.45, 7) is 13.7. The molecule has 8 rings (SSSR count). The number of hydrogen-bond donors (Lipinski definition) is 0. The summed E-state index contributed by atoms with van der Waals surface area (Å²) in [6.07, 6.45) is 3.93. The van der Waals surface area contributed by atoms with Crippen LogP contribution in [0.3, 0.4) is 0 Å². The van der Waals surface area contributed by atoms with Gasteiger partial charge in [-0.1, -0.05) is 96.1 Å². The molecule has 44 heavy (non-hydrogen) atoms. The Labute approximate surface area is 257 Å². The van der Waals surface area contributed by atoms with Gasteiger partial charge in [0.1, 0.15) is 16.8 Å². The number of nitrogens with zero attached hydrogens (tertiary/aromatic N) is 2. The van der Waals surface area contributed by atoms with Crippen molar-refractivity contribution >= 4 is 49.3 Å². The van der Waals surface area contributed by atoms with Crippen molar-refractivity contribution in [2.75, 3.05) is 0 Å². The standard InChI is InChI=1S/C41H36N2O/c1-40(2,3)28-15-17-37-34(22-28)35-24-29(41(4,5)6)23-32(38(35)44-37)27-11-9-10-25(20-27)26-14-16-36-33(21-26)30-12-7-8-13-31(30)39-42-18-19-43(36)39/h7-24H,1-6H3. The van der Waals surface area contributed by atoms with Gasteiger partial charge in [-0.05, 0) is 86.5 Å². The molecule has 0 aliphatic rings. The molecule has 0 unspecified atom stereocenters. The van der Waals surface area contributed by atoms with E-state index in [1.165, 1.54) is 43.8 Å². The Morgan fingerprint density at radius 3 is 2.09 bits per heavy atom. The van der Waals surface area contributed by atoms with Crippen LogP contribution >= 0.6 is 0 Å². The first-order valence-electron chi connectivity index (χ1n) is 15.5. The Morgan fingerprint density at radius 1 is 0.568 bits per heavy atom. The van der Waals surface area contributed by atoms with E-state index >= 15 is 0 Å². The van der Waals surface area contributed by atoms with Gasteiger partial charge in [0.05, 0.1) is 5.52 Å². The van der Waals surface area contributed by atoms with Crippen molar-refractivity contribution in [1.29, 1.82) is 0 Å². The Balaban J connectivity index is 1.34. The molecule has 0 N–H and O–H groups in total. The number of aromatic nitrogens is 2. The fraction of sp³-hybridized carbons (Fsp3) is 0.195. The number of imidazole rings is 1. The van der Waals surface area contributed by atoms with Gasteiger partial charge in [0.25, 0.3) is 0 Å². The maximum Gasteiger partial charge on any atom is 0.145 e. The monoisotopic (exact) mass is 572 g/mol. The van der Waals surface area contributed by atoms with Gasteiger partial charge < -0.3 is 4.42 Å². The van der Waals surface area contributed by atoms with Crippen LogP contribution in [0.4, 0.5) is 0 Å². The minimum absolute atomic E-state index is 0.0101. The zero-order chi connectivity index (χ0) is 30.4. The van der Waals surface area contributed by atoms with Gasteiger partial charge in [0.2, 0.25) is 0 Å². The molecule has 0 amide bonds. The molecule has 0 atom stereocenters. The second-order valence-corrected chi connectivity index (χ2v) is 14.2. The number of hydrogen-bond acceptors (Lipinski definition) is 2. The van der Waals surface area contributed by atoms with Crippen molar-refractivity contribution in [3.05, 3.63) is 121 Å². The average molecular weight is 573 g/mol. The van der Waals surface area contributed by atoms with Crippen molar-refractivity contribution in [3.63, 3.8) is 0 Å². The molecule has 0 radical (unpaired) electrons. The van der Waals surface area contributed by atoms with Crippen molar-refractivity contribution in [3.8, 4) is 22.3 Å². The summed E-state index contributed by atoms with van der Waals surface area (Å²) in [5.41, 5.74) is 11.4. The normalized spacial score (nSPS) is 12.8. The van der Waals surface area contributed by atoms with E-state index in [4.69, 9.17) is 4.42 Å². The average Bonchev–Trinajstić information content (AvgIpc) is 3.65. The van der Waals surface area contributed by atoms with Gasteiger partial charge in [0, 0.05) is 39.5 Å². The van der Waals surface area contributed by atoms with Gasteiger partial charge >= 0.3 is 0 Å². The molecule has 0 saturated carbocycles. The Hall–Kier alpha value is -4.89. The van der Waals surface area contributed by atoms with Crippen LogP contribution in [-0.4, -0.2) is 9.38 Å². The van der Waals surface area contributed by atoms with E-state index in [1.54, 1.807) is 0 Å². The highest BCUT2D eigenvalue weighted by Crippen LogP contribution is 2.42. The number of pyridine rings is 1. The van der Waals surface area contributed by atoms with Gasteiger partial charge in [-0.3, -0.25) is 4.40 Å². The van der Waals surface area contributed by atoms with Gasteiger partial charge in [-0.2, -0.15) is 0 Å². The lowest BCUT2D eigenvalue weighted by atomic mass is 9.83. The van der Waals surface area contributed by atoms with E-state index in [-0.39, 0.29) is 10.8 Å². The molecular formula is C41H36N2O. The van der Waals surface area contributed by atoms with E-state index in [2.05, 4.69) is 154 Å². The predicted molar refractivity (Wildman–Crippen MR) is 186 cm³/mol. The van der Waals surface area contributed by atoms with Crippen molar-refractivity contribution in [2.45, 2.75) is 52.4 Å². The smallest absolute Gasteiger partial charge is 0.145 e. The molecule has 3 heterocycles. The molecule has 0 fully saturated rings. The summed E-state index contributed by atoms with van der Waals surface area (Å²) in [5, 5.41) is 5.97. The predicted octanol–water partition coefficient (Wildman–Crippen LogP) is 11.5. The number of fused-ring (bicyclic) bond motifs is 9. The minimum atomic E-state index is -0.0101.